The number of carbonyl (C=O) groups is 1. The van der Waals surface area contributed by atoms with Gasteiger partial charge in [0.2, 0.25) is 0 Å². The summed E-state index contributed by atoms with van der Waals surface area (Å²) in [5, 5.41) is 0. The van der Waals surface area contributed by atoms with Gasteiger partial charge in [0.1, 0.15) is 12.4 Å². The van der Waals surface area contributed by atoms with E-state index in [4.69, 9.17) is 18.9 Å². The van der Waals surface area contributed by atoms with Crippen LogP contribution in [-0.4, -0.2) is 31.9 Å². The molecule has 4 aromatic rings. The average Bonchev–Trinajstić information content (AvgIpc) is 3.29. The lowest BCUT2D eigenvalue weighted by Crippen LogP contribution is -2.39. The van der Waals surface area contributed by atoms with Crippen LogP contribution in [0.15, 0.2) is 93.9 Å². The second-order valence-electron chi connectivity index (χ2n) is 9.03. The summed E-state index contributed by atoms with van der Waals surface area (Å²) in [5.41, 5.74) is 3.10. The van der Waals surface area contributed by atoms with Crippen LogP contribution >= 0.6 is 11.3 Å². The number of rotatable bonds is 8. The molecular weight excluding hydrogens is 528 g/mol. The highest BCUT2D eigenvalue weighted by molar-refractivity contribution is 7.07. The van der Waals surface area contributed by atoms with Crippen molar-refractivity contribution in [2.24, 2.45) is 4.99 Å². The molecule has 0 spiro atoms. The Kier molecular flexibility index (Phi) is 7.84. The molecule has 0 radical (unpaired) electrons. The van der Waals surface area contributed by atoms with Crippen molar-refractivity contribution in [2.75, 3.05) is 21.3 Å². The van der Waals surface area contributed by atoms with E-state index in [0.29, 0.717) is 44.5 Å². The fraction of sp³-hybridized carbons (Fsp3) is 0.194. The Labute approximate surface area is 235 Å². The molecule has 204 valence electrons. The molecule has 8 nitrogen and oxygen atoms in total. The molecule has 0 N–H and O–H groups in total. The number of ether oxygens (including phenoxy) is 4. The van der Waals surface area contributed by atoms with Crippen LogP contribution in [0, 0.1) is 0 Å². The summed E-state index contributed by atoms with van der Waals surface area (Å²) in [5.74, 6) is 1.29. The van der Waals surface area contributed by atoms with Gasteiger partial charge in [0.05, 0.1) is 43.2 Å². The van der Waals surface area contributed by atoms with Crippen LogP contribution in [-0.2, 0) is 16.1 Å². The Hall–Kier alpha value is -4.63. The molecule has 0 fully saturated rings. The molecule has 0 saturated carbocycles. The zero-order valence-corrected chi connectivity index (χ0v) is 23.4. The van der Waals surface area contributed by atoms with Gasteiger partial charge in [-0.15, -0.1) is 0 Å². The smallest absolute Gasteiger partial charge is 0.338 e. The summed E-state index contributed by atoms with van der Waals surface area (Å²) in [6.45, 7) is 2.15. The Morgan fingerprint density at radius 3 is 2.40 bits per heavy atom. The molecule has 1 unspecified atom stereocenters. The number of thiazole rings is 1. The van der Waals surface area contributed by atoms with Crippen LogP contribution in [0.1, 0.15) is 29.7 Å². The molecule has 0 saturated heterocycles. The van der Waals surface area contributed by atoms with Gasteiger partial charge in [-0.1, -0.05) is 59.9 Å². The average molecular weight is 557 g/mol. The summed E-state index contributed by atoms with van der Waals surface area (Å²) < 4.78 is 23.9. The highest BCUT2D eigenvalue weighted by Crippen LogP contribution is 2.32. The maximum Gasteiger partial charge on any atom is 0.338 e. The van der Waals surface area contributed by atoms with E-state index in [1.54, 1.807) is 43.9 Å². The molecule has 1 aromatic heterocycles. The quantitative estimate of drug-likeness (QED) is 0.305. The first-order chi connectivity index (χ1) is 19.4. The molecule has 0 aliphatic carbocycles. The first kappa shape index (κ1) is 27.0. The predicted octanol–water partition coefficient (Wildman–Crippen LogP) is 4.00. The number of hydrogen-bond donors (Lipinski definition) is 0. The highest BCUT2D eigenvalue weighted by Gasteiger charge is 2.33. The van der Waals surface area contributed by atoms with E-state index < -0.39 is 12.0 Å². The van der Waals surface area contributed by atoms with Crippen LogP contribution in [0.4, 0.5) is 0 Å². The van der Waals surface area contributed by atoms with Crippen LogP contribution in [0.25, 0.3) is 6.08 Å². The number of benzene rings is 3. The van der Waals surface area contributed by atoms with Crippen molar-refractivity contribution in [1.29, 1.82) is 0 Å². The summed E-state index contributed by atoms with van der Waals surface area (Å²) in [7, 11) is 4.48. The van der Waals surface area contributed by atoms with Crippen molar-refractivity contribution in [1.82, 2.24) is 4.57 Å². The van der Waals surface area contributed by atoms with Crippen molar-refractivity contribution >= 4 is 23.4 Å². The minimum atomic E-state index is -0.694. The normalized spacial score (nSPS) is 14.8. The fourth-order valence-corrected chi connectivity index (χ4v) is 5.62. The van der Waals surface area contributed by atoms with Gasteiger partial charge in [0.25, 0.3) is 5.56 Å². The Bertz CT molecular complexity index is 1750. The fourth-order valence-electron chi connectivity index (χ4n) is 4.57. The molecular formula is C31H28N2O6S. The molecule has 5 rings (SSSR count). The second kappa shape index (κ2) is 11.6. The number of methoxy groups -OCH3 is 3. The SMILES string of the molecule is COC(=O)C1=C(C)N=c2s/c(=C/c3ccc(OCc4ccccc4)c(OC)c3)c(=O)n2C1c1ccc(OC)cc1. The third-order valence-electron chi connectivity index (χ3n) is 6.58. The maximum absolute atomic E-state index is 13.8. The standard InChI is InChI=1S/C31H28N2O6S/c1-19-27(30(35)38-4)28(22-11-13-23(36-2)14-12-22)33-29(34)26(40-31(33)32-19)17-21-10-15-24(25(16-21)37-3)39-18-20-8-6-5-7-9-20/h5-17,28H,18H2,1-4H3/b26-17+. The lowest BCUT2D eigenvalue weighted by Gasteiger charge is -2.24. The van der Waals surface area contributed by atoms with E-state index in [-0.39, 0.29) is 5.56 Å². The summed E-state index contributed by atoms with van der Waals surface area (Å²) in [6.07, 6.45) is 1.79. The molecule has 3 aromatic carbocycles. The van der Waals surface area contributed by atoms with Crippen LogP contribution in [0.3, 0.4) is 0 Å². The molecule has 2 heterocycles. The van der Waals surface area contributed by atoms with Crippen LogP contribution < -0.4 is 29.1 Å². The van der Waals surface area contributed by atoms with Crippen LogP contribution in [0.5, 0.6) is 17.2 Å². The number of carbonyl (C=O) groups excluding carboxylic acids is 1. The van der Waals surface area contributed by atoms with E-state index in [0.717, 1.165) is 16.7 Å². The number of allylic oxidation sites excluding steroid dienone is 1. The minimum Gasteiger partial charge on any atom is -0.497 e. The Morgan fingerprint density at radius 2 is 1.73 bits per heavy atom. The van der Waals surface area contributed by atoms with E-state index in [9.17, 15) is 9.59 Å². The van der Waals surface area contributed by atoms with E-state index in [2.05, 4.69) is 4.99 Å². The van der Waals surface area contributed by atoms with Gasteiger partial charge in [-0.3, -0.25) is 9.36 Å². The predicted molar refractivity (Wildman–Crippen MR) is 153 cm³/mol. The Balaban J connectivity index is 1.55. The number of nitrogens with zero attached hydrogens (tertiary/aromatic N) is 2. The number of aromatic nitrogens is 1. The number of fused-ring (bicyclic) bond motifs is 1. The van der Waals surface area contributed by atoms with Crippen LogP contribution in [0.2, 0.25) is 0 Å². The van der Waals surface area contributed by atoms with Crippen molar-refractivity contribution in [2.45, 2.75) is 19.6 Å². The monoisotopic (exact) mass is 556 g/mol. The molecule has 1 aliphatic rings. The zero-order valence-electron chi connectivity index (χ0n) is 22.5. The number of esters is 1. The van der Waals surface area contributed by atoms with Gasteiger partial charge in [0, 0.05) is 0 Å². The van der Waals surface area contributed by atoms with Gasteiger partial charge < -0.3 is 18.9 Å². The van der Waals surface area contributed by atoms with E-state index in [1.807, 2.05) is 60.7 Å². The topological polar surface area (TPSA) is 88.4 Å². The van der Waals surface area contributed by atoms with Gasteiger partial charge in [-0.05, 0) is 54.0 Å². The largest absolute Gasteiger partial charge is 0.497 e. The van der Waals surface area contributed by atoms with Gasteiger partial charge in [-0.25, -0.2) is 9.79 Å². The van der Waals surface area contributed by atoms with E-state index >= 15 is 0 Å². The summed E-state index contributed by atoms with van der Waals surface area (Å²) in [4.78, 5) is 31.7. The minimum absolute atomic E-state index is 0.262. The summed E-state index contributed by atoms with van der Waals surface area (Å²) in [6, 6.07) is 21.9. The maximum atomic E-state index is 13.8. The summed E-state index contributed by atoms with van der Waals surface area (Å²) >= 11 is 1.26. The van der Waals surface area contributed by atoms with Gasteiger partial charge in [0.15, 0.2) is 16.3 Å². The van der Waals surface area contributed by atoms with Crippen molar-refractivity contribution in [3.63, 3.8) is 0 Å². The van der Waals surface area contributed by atoms with Gasteiger partial charge in [-0.2, -0.15) is 0 Å². The number of hydrogen-bond acceptors (Lipinski definition) is 8. The first-order valence-electron chi connectivity index (χ1n) is 12.5. The highest BCUT2D eigenvalue weighted by atomic mass is 32.1. The zero-order chi connectivity index (χ0) is 28.2. The molecule has 0 amide bonds. The van der Waals surface area contributed by atoms with E-state index in [1.165, 1.54) is 18.4 Å². The third-order valence-corrected chi connectivity index (χ3v) is 7.56. The van der Waals surface area contributed by atoms with Crippen molar-refractivity contribution in [3.8, 4) is 17.2 Å². The van der Waals surface area contributed by atoms with Crippen molar-refractivity contribution in [3.05, 3.63) is 120 Å². The molecule has 40 heavy (non-hydrogen) atoms. The first-order valence-corrected chi connectivity index (χ1v) is 13.3. The molecule has 0 bridgehead atoms. The second-order valence-corrected chi connectivity index (χ2v) is 10.0. The van der Waals surface area contributed by atoms with Crippen molar-refractivity contribution < 1.29 is 23.7 Å². The third kappa shape index (κ3) is 5.28. The molecule has 1 atom stereocenters. The lowest BCUT2D eigenvalue weighted by atomic mass is 9.96. The molecule has 9 heteroatoms. The molecule has 1 aliphatic heterocycles. The Morgan fingerprint density at radius 1 is 0.975 bits per heavy atom. The van der Waals surface area contributed by atoms with Gasteiger partial charge >= 0.3 is 5.97 Å². The lowest BCUT2D eigenvalue weighted by molar-refractivity contribution is -0.136.